The van der Waals surface area contributed by atoms with Crippen LogP contribution in [-0.4, -0.2) is 269 Å². The average Bonchev–Trinajstić information content (AvgIpc) is 2.61. The van der Waals surface area contributed by atoms with Gasteiger partial charge in [-0.15, -0.1) is 0 Å². The minimum absolute atomic E-state index is 0. The van der Waals surface area contributed by atoms with Crippen LogP contribution in [0.3, 0.4) is 0 Å². The largest absolute Gasteiger partial charge is 1.00 e. The van der Waals surface area contributed by atoms with E-state index >= 15 is 0 Å². The third-order valence-electron chi connectivity index (χ3n) is 0. The van der Waals surface area contributed by atoms with Gasteiger partial charge in [-0.05, 0) is 0 Å². The van der Waals surface area contributed by atoms with Crippen LogP contribution in [0.4, 0.5) is 56.5 Å². The summed E-state index contributed by atoms with van der Waals surface area (Å²) in [5, 5.41) is 258. The van der Waals surface area contributed by atoms with Gasteiger partial charge in [-0.3, -0.25) is 56.5 Å². The van der Waals surface area contributed by atoms with Crippen molar-refractivity contribution >= 4 is 87.9 Å². The standard InChI is InChI=1S/12BH3O3.12FH.Li.H/c12*2-1(3)4;;;;;;;;;;;;;;/h12*2-4H;12*1H;;/q;;;;;;;;;;;;;;;;;;;;;;;;+1;-1. The van der Waals surface area contributed by atoms with E-state index in [9.17, 15) is 0 Å². The van der Waals surface area contributed by atoms with Crippen molar-refractivity contribution in [2.75, 3.05) is 0 Å². The van der Waals surface area contributed by atoms with E-state index in [0.717, 1.165) is 0 Å². The fourth-order valence-corrected chi connectivity index (χ4v) is 0. The van der Waals surface area contributed by atoms with Gasteiger partial charge in [-0.1, -0.05) is 0 Å². The van der Waals surface area contributed by atoms with Crippen molar-refractivity contribution in [2.45, 2.75) is 0 Å². The van der Waals surface area contributed by atoms with Crippen molar-refractivity contribution in [1.29, 1.82) is 0 Å². The molecular weight excluding hydrogens is 941 g/mol. The summed E-state index contributed by atoms with van der Waals surface area (Å²) in [6.07, 6.45) is 0. The van der Waals surface area contributed by atoms with Crippen molar-refractivity contribution < 1.29 is 258 Å². The maximum atomic E-state index is 7.17. The second-order valence-electron chi connectivity index (χ2n) is 4.16. The van der Waals surface area contributed by atoms with Crippen LogP contribution in [0.2, 0.25) is 0 Å². The molecule has 0 heterocycles. The summed E-state index contributed by atoms with van der Waals surface area (Å²) in [5.41, 5.74) is 0. The van der Waals surface area contributed by atoms with Gasteiger partial charge in [-0.2, -0.15) is 0 Å². The fraction of sp³-hybridized carbons (Fsp3) is 0. The van der Waals surface area contributed by atoms with Crippen LogP contribution in [0.1, 0.15) is 1.43 Å². The Balaban J connectivity index is -0.00000000931. The van der Waals surface area contributed by atoms with E-state index in [1.807, 2.05) is 0 Å². The molecule has 386 valence electrons. The SMILES string of the molecule is F.F.F.F.F.F.F.F.F.F.F.F.OB(O)O.OB(O)O.OB(O)O.OB(O)O.OB(O)O.OB(O)O.OB(O)O.OB(O)O.OB(O)O.OB(O)O.OB(O)O.OB(O)O.[H-].[Li+]. The fourth-order valence-electron chi connectivity index (χ4n) is 0. The van der Waals surface area contributed by atoms with Gasteiger partial charge in [0.15, 0.2) is 0 Å². The molecule has 61 heavy (non-hydrogen) atoms. The van der Waals surface area contributed by atoms with E-state index < -0.39 is 87.9 Å². The maximum absolute atomic E-state index is 7.17. The number of rotatable bonds is 0. The molecule has 0 aromatic heterocycles. The predicted octanol–water partition coefficient (Wildman–Crippen LogP) is -25.7. The van der Waals surface area contributed by atoms with Crippen LogP contribution in [0.5, 0.6) is 0 Å². The van der Waals surface area contributed by atoms with Crippen LogP contribution >= 0.6 is 0 Å². The van der Waals surface area contributed by atoms with Crippen molar-refractivity contribution in [3.63, 3.8) is 0 Å². The molecule has 0 atom stereocenters. The van der Waals surface area contributed by atoms with E-state index in [1.165, 1.54) is 0 Å². The molecule has 0 aliphatic heterocycles. The van der Waals surface area contributed by atoms with Crippen molar-refractivity contribution in [3.05, 3.63) is 0 Å². The summed E-state index contributed by atoms with van der Waals surface area (Å²) in [4.78, 5) is 0. The zero-order chi connectivity index (χ0) is 42.9. The normalized spacial score (nSPS) is 5.31. The summed E-state index contributed by atoms with van der Waals surface area (Å²) in [7, 11) is -26.0. The minimum atomic E-state index is -2.17. The molecule has 0 unspecified atom stereocenters. The zero-order valence-corrected chi connectivity index (χ0v) is 28.9. The van der Waals surface area contributed by atoms with Gasteiger partial charge in [0.2, 0.25) is 0 Å². The Morgan fingerprint density at radius 1 is 0.115 bits per heavy atom. The van der Waals surface area contributed by atoms with Crippen molar-refractivity contribution in [2.24, 2.45) is 0 Å². The Hall–Kier alpha value is -0.903. The Morgan fingerprint density at radius 3 is 0.115 bits per heavy atom. The van der Waals surface area contributed by atoms with Crippen LogP contribution in [0.25, 0.3) is 0 Å². The molecule has 36 N–H and O–H groups in total. The van der Waals surface area contributed by atoms with E-state index in [4.69, 9.17) is 181 Å². The van der Waals surface area contributed by atoms with Gasteiger partial charge >= 0.3 is 107 Å². The van der Waals surface area contributed by atoms with Crippen molar-refractivity contribution in [3.8, 4) is 0 Å². The van der Waals surface area contributed by atoms with Gasteiger partial charge < -0.3 is 182 Å². The van der Waals surface area contributed by atoms with Gasteiger partial charge in [0, 0.05) is 0 Å². The first kappa shape index (κ1) is 170. The molecule has 61 heteroatoms. The molecule has 36 nitrogen and oxygen atoms in total. The van der Waals surface area contributed by atoms with Gasteiger partial charge in [-0.25, -0.2) is 0 Å². The third-order valence-corrected chi connectivity index (χ3v) is 0. The molecule has 0 amide bonds. The van der Waals surface area contributed by atoms with Crippen LogP contribution in [0, 0.1) is 0 Å². The van der Waals surface area contributed by atoms with E-state index in [-0.39, 0.29) is 76.7 Å². The molecule has 0 saturated carbocycles. The smallest absolute Gasteiger partial charge is 1.00 e. The monoisotopic (exact) mass is 992 g/mol. The second kappa shape index (κ2) is 162. The molecule has 0 fully saturated rings. The zero-order valence-electron chi connectivity index (χ0n) is 29.9. The molecule has 0 radical (unpaired) electrons. The first-order valence-electron chi connectivity index (χ1n) is 9.30. The van der Waals surface area contributed by atoms with E-state index in [2.05, 4.69) is 0 Å². The number of hydrogen-bond acceptors (Lipinski definition) is 36. The third kappa shape index (κ3) is 236000. The van der Waals surface area contributed by atoms with Crippen LogP contribution in [-0.2, 0) is 0 Å². The van der Waals surface area contributed by atoms with Gasteiger partial charge in [0.05, 0.1) is 0 Å². The summed E-state index contributed by atoms with van der Waals surface area (Å²) in [6, 6.07) is 0. The Morgan fingerprint density at radius 2 is 0.115 bits per heavy atom. The Labute approximate surface area is 346 Å². The predicted molar refractivity (Wildman–Crippen MR) is 180 cm³/mol. The molecule has 0 saturated heterocycles. The molecule has 0 aromatic rings. The van der Waals surface area contributed by atoms with Crippen molar-refractivity contribution in [1.82, 2.24) is 0 Å². The van der Waals surface area contributed by atoms with E-state index in [1.54, 1.807) is 0 Å². The Kier molecular flexibility index (Phi) is 452. The molecule has 0 bridgehead atoms. The topological polar surface area (TPSA) is 728 Å². The maximum Gasteiger partial charge on any atom is 1.00 e. The summed E-state index contributed by atoms with van der Waals surface area (Å²) in [6.45, 7) is 0. The van der Waals surface area contributed by atoms with Gasteiger partial charge in [0.1, 0.15) is 0 Å². The minimum Gasteiger partial charge on any atom is -1.00 e. The number of halogens is 12. The second-order valence-corrected chi connectivity index (χ2v) is 4.16. The molecule has 0 spiro atoms. The summed E-state index contributed by atoms with van der Waals surface area (Å²) >= 11 is 0. The summed E-state index contributed by atoms with van der Waals surface area (Å²) < 4.78 is 0. The molecule has 0 aliphatic rings. The summed E-state index contributed by atoms with van der Waals surface area (Å²) in [5.74, 6) is 0. The first-order chi connectivity index (χ1) is 20.8. The van der Waals surface area contributed by atoms with Crippen LogP contribution in [0.15, 0.2) is 0 Å². The van der Waals surface area contributed by atoms with E-state index in [0.29, 0.717) is 0 Å². The molecule has 0 rings (SSSR count). The first-order valence-corrected chi connectivity index (χ1v) is 9.30. The van der Waals surface area contributed by atoms with Gasteiger partial charge in [0.25, 0.3) is 0 Å². The molecular formula is H49B12F12LiO36. The quantitative estimate of drug-likeness (QED) is 0.0791. The Bertz CT molecular complexity index is 283. The average molecular weight is 990 g/mol. The van der Waals surface area contributed by atoms with Crippen LogP contribution < -0.4 is 18.9 Å². The molecule has 0 aliphatic carbocycles. The number of hydrogen-bond donors (Lipinski definition) is 36. The molecule has 0 aromatic carbocycles.